The topological polar surface area (TPSA) is 222 Å². The highest BCUT2D eigenvalue weighted by Crippen LogP contribution is 2.53. The largest absolute Gasteiger partial charge is 0.475 e. The van der Waals surface area contributed by atoms with Crippen LogP contribution in [0.3, 0.4) is 0 Å². The van der Waals surface area contributed by atoms with E-state index in [1.54, 1.807) is 24.4 Å². The lowest BCUT2D eigenvalue weighted by molar-refractivity contribution is -0.173. The van der Waals surface area contributed by atoms with E-state index >= 15 is 0 Å². The molecule has 0 saturated heterocycles. The monoisotopic (exact) mass is 1020 g/mol. The Balaban J connectivity index is 6.68. The number of nitrogens with zero attached hydrogens (tertiary/aromatic N) is 2. The number of phosphoric acid groups is 2. The van der Waals surface area contributed by atoms with Crippen molar-refractivity contribution in [1.29, 1.82) is 10.5 Å². The summed E-state index contributed by atoms with van der Waals surface area (Å²) in [6.07, 6.45) is -18.4. The molecule has 0 aromatic carbocycles. The number of hydrogen-bond donors (Lipinski definition) is 2. The molecule has 3 atom stereocenters. The second kappa shape index (κ2) is 34.7. The van der Waals surface area contributed by atoms with Gasteiger partial charge in [-0.2, -0.15) is 50.0 Å². The molecule has 0 saturated carbocycles. The molecule has 2 N–H and O–H groups in total. The molecule has 66 heavy (non-hydrogen) atoms. The molecule has 0 aromatic heterocycles. The minimum atomic E-state index is -5.26. The highest BCUT2D eigenvalue weighted by molar-refractivity contribution is 7.48. The number of alkyl halides is 9. The first-order valence-electron chi connectivity index (χ1n) is 21.6. The molecule has 0 heterocycles. The summed E-state index contributed by atoms with van der Waals surface area (Å²) in [7, 11) is -9.30. The van der Waals surface area contributed by atoms with Crippen LogP contribution in [0.25, 0.3) is 0 Å². The molecule has 0 aromatic rings. The molecule has 0 radical (unpaired) electrons. The summed E-state index contributed by atoms with van der Waals surface area (Å²) in [6, 6.07) is 3.56. The lowest BCUT2D eigenvalue weighted by atomic mass is 9.75. The Morgan fingerprint density at radius 2 is 1.11 bits per heavy atom. The SMILES string of the molecule is CCC(=O)OCCCCCCOP(=O)(OCCC#N)OC(COCC(CCCNC(=O)C(F)(F)F)(CCCC(F)(F)F)CCCC(F)(F)F)COP(=O)(OCCC#N)OCCCCCCO. The number of unbranched alkanes of at least 4 members (excludes halogenated alkanes) is 6. The fraction of sp³-hybridized carbons (Fsp3) is 0.897. The highest BCUT2D eigenvalue weighted by Gasteiger charge is 2.40. The van der Waals surface area contributed by atoms with E-state index in [4.69, 9.17) is 52.2 Å². The maximum Gasteiger partial charge on any atom is 0.475 e. The van der Waals surface area contributed by atoms with E-state index in [1.807, 2.05) is 0 Å². The summed E-state index contributed by atoms with van der Waals surface area (Å²) >= 11 is 0. The van der Waals surface area contributed by atoms with Gasteiger partial charge in [-0.25, -0.2) is 9.13 Å². The molecular weight excluding hydrogens is 951 g/mol. The van der Waals surface area contributed by atoms with Gasteiger partial charge in [-0.3, -0.25) is 36.7 Å². The van der Waals surface area contributed by atoms with Crippen LogP contribution < -0.4 is 5.32 Å². The molecule has 1 amide bonds. The van der Waals surface area contributed by atoms with Gasteiger partial charge in [0.2, 0.25) is 0 Å². The number of carbonyl (C=O) groups excluding carboxylic acids is 2. The predicted molar refractivity (Wildman–Crippen MR) is 217 cm³/mol. The van der Waals surface area contributed by atoms with Crippen LogP contribution in [0.15, 0.2) is 0 Å². The van der Waals surface area contributed by atoms with Crippen molar-refractivity contribution in [2.75, 3.05) is 66.0 Å². The van der Waals surface area contributed by atoms with Gasteiger partial charge in [-0.1, -0.05) is 26.2 Å². The number of nitriles is 2. The van der Waals surface area contributed by atoms with Crippen LogP contribution in [-0.4, -0.2) is 108 Å². The van der Waals surface area contributed by atoms with Crippen molar-refractivity contribution in [3.05, 3.63) is 0 Å². The zero-order valence-corrected chi connectivity index (χ0v) is 38.9. The van der Waals surface area contributed by atoms with Gasteiger partial charge in [0.15, 0.2) is 0 Å². The first kappa shape index (κ1) is 63.4. The molecular formula is C39H64F9N3O13P2. The number of rotatable bonds is 41. The molecule has 3 unspecified atom stereocenters. The summed E-state index contributed by atoms with van der Waals surface area (Å²) in [5.74, 6) is -2.68. The van der Waals surface area contributed by atoms with E-state index in [0.29, 0.717) is 44.9 Å². The van der Waals surface area contributed by atoms with Crippen molar-refractivity contribution in [3.63, 3.8) is 0 Å². The van der Waals surface area contributed by atoms with E-state index in [-0.39, 0.29) is 70.9 Å². The van der Waals surface area contributed by atoms with Crippen LogP contribution in [0, 0.1) is 28.1 Å². The van der Waals surface area contributed by atoms with Gasteiger partial charge < -0.3 is 19.9 Å². The van der Waals surface area contributed by atoms with Crippen molar-refractivity contribution in [2.24, 2.45) is 5.41 Å². The Hall–Kier alpha value is -2.57. The fourth-order valence-electron chi connectivity index (χ4n) is 5.94. The van der Waals surface area contributed by atoms with Gasteiger partial charge >= 0.3 is 46.1 Å². The summed E-state index contributed by atoms with van der Waals surface area (Å²) in [4.78, 5) is 22.8. The molecule has 0 fully saturated rings. The van der Waals surface area contributed by atoms with E-state index in [2.05, 4.69) is 0 Å². The first-order valence-corrected chi connectivity index (χ1v) is 24.6. The minimum Gasteiger partial charge on any atom is -0.466 e. The average molecular weight is 1020 g/mol. The molecule has 0 rings (SSSR count). The van der Waals surface area contributed by atoms with Crippen LogP contribution in [0.4, 0.5) is 39.5 Å². The smallest absolute Gasteiger partial charge is 0.466 e. The number of hydrogen-bond acceptors (Lipinski definition) is 15. The van der Waals surface area contributed by atoms with Gasteiger partial charge in [0.05, 0.1) is 77.8 Å². The Bertz CT molecular complexity index is 1500. The number of ether oxygens (including phenoxy) is 2. The summed E-state index contributed by atoms with van der Waals surface area (Å²) in [6.45, 7) is -2.57. The average Bonchev–Trinajstić information content (AvgIpc) is 3.22. The molecule has 0 spiro atoms. The number of amides is 1. The Kier molecular flexibility index (Phi) is 33.3. The van der Waals surface area contributed by atoms with Crippen LogP contribution in [0.1, 0.15) is 129 Å². The normalized spacial score (nSPS) is 14.7. The molecule has 386 valence electrons. The van der Waals surface area contributed by atoms with E-state index in [9.17, 15) is 58.2 Å². The Morgan fingerprint density at radius 1 is 0.621 bits per heavy atom. The fourth-order valence-corrected chi connectivity index (χ4v) is 8.53. The van der Waals surface area contributed by atoms with Crippen molar-refractivity contribution in [2.45, 2.75) is 154 Å². The number of phosphoric ester groups is 2. The first-order chi connectivity index (χ1) is 31.0. The second-order valence-corrected chi connectivity index (χ2v) is 18.3. The van der Waals surface area contributed by atoms with Crippen molar-refractivity contribution >= 4 is 27.5 Å². The predicted octanol–water partition coefficient (Wildman–Crippen LogP) is 10.5. The van der Waals surface area contributed by atoms with Gasteiger partial charge in [0.25, 0.3) is 0 Å². The molecule has 0 aliphatic rings. The quantitative estimate of drug-likeness (QED) is 0.0252. The number of carbonyl (C=O) groups is 2. The zero-order valence-electron chi connectivity index (χ0n) is 37.1. The standard InChI is InChI=1S/C39H64F9N3O13P2/c1-2-34(53)58-25-8-5-6-10-27-61-66(56,62-29-15-22-50)64-33(31-63-65(55,60-28-14-21-49)59-26-9-4-3-7-24-52)30-57-32-36(16-11-19-37(40,41)42,17-12-20-38(43,44)45)18-13-23-51-35(54)39(46,47)48/h33,52H,2-20,23-32H2,1H3,(H,51,54). The molecule has 27 heteroatoms. The van der Waals surface area contributed by atoms with Crippen LogP contribution in [0.5, 0.6) is 0 Å². The maximum atomic E-state index is 14.0. The third-order valence-electron chi connectivity index (χ3n) is 9.24. The van der Waals surface area contributed by atoms with Crippen molar-refractivity contribution < 1.29 is 100.0 Å². The third-order valence-corrected chi connectivity index (χ3v) is 12.3. The highest BCUT2D eigenvalue weighted by atomic mass is 31.2. The molecule has 0 aliphatic carbocycles. The number of esters is 1. The summed E-state index contributed by atoms with van der Waals surface area (Å²) < 4.78 is 190. The summed E-state index contributed by atoms with van der Waals surface area (Å²) in [5, 5.41) is 28.7. The number of aliphatic hydroxyl groups is 1. The van der Waals surface area contributed by atoms with Crippen molar-refractivity contribution in [1.82, 2.24) is 5.32 Å². The molecule has 16 nitrogen and oxygen atoms in total. The molecule has 0 bridgehead atoms. The lowest BCUT2D eigenvalue weighted by Gasteiger charge is -2.35. The Labute approximate surface area is 380 Å². The van der Waals surface area contributed by atoms with E-state index < -0.39 is 130 Å². The van der Waals surface area contributed by atoms with Crippen LogP contribution in [-0.2, 0) is 55.3 Å². The maximum absolute atomic E-state index is 14.0. The Morgan fingerprint density at radius 3 is 1.61 bits per heavy atom. The lowest BCUT2D eigenvalue weighted by Crippen LogP contribution is -2.38. The van der Waals surface area contributed by atoms with Gasteiger partial charge in [-0.15, -0.1) is 0 Å². The third kappa shape index (κ3) is 34.7. The zero-order chi connectivity index (χ0) is 50.0. The van der Waals surface area contributed by atoms with Gasteiger partial charge in [-0.05, 0) is 76.0 Å². The number of nitrogens with one attached hydrogen (secondary N) is 1. The van der Waals surface area contributed by atoms with Gasteiger partial charge in [0, 0.05) is 32.4 Å². The minimum absolute atomic E-state index is 0.0584. The van der Waals surface area contributed by atoms with Crippen molar-refractivity contribution in [3.8, 4) is 12.1 Å². The van der Waals surface area contributed by atoms with Gasteiger partial charge in [0.1, 0.15) is 6.10 Å². The van der Waals surface area contributed by atoms with Crippen LogP contribution in [0.2, 0.25) is 0 Å². The van der Waals surface area contributed by atoms with Crippen LogP contribution >= 0.6 is 15.6 Å². The second-order valence-electron chi connectivity index (χ2n) is 15.0. The summed E-state index contributed by atoms with van der Waals surface area (Å²) in [5.41, 5.74) is -1.57. The van der Waals surface area contributed by atoms with E-state index in [0.717, 1.165) is 0 Å². The van der Waals surface area contributed by atoms with E-state index in [1.165, 1.54) is 0 Å². The number of halogens is 9. The molecule has 0 aliphatic heterocycles. The number of aliphatic hydroxyl groups excluding tert-OH is 1.